The predicted octanol–water partition coefficient (Wildman–Crippen LogP) is 0.817. The van der Waals surface area contributed by atoms with Gasteiger partial charge >= 0.3 is 0 Å². The van der Waals surface area contributed by atoms with Gasteiger partial charge in [0.1, 0.15) is 0 Å². The number of hydrogen-bond acceptors (Lipinski definition) is 3. The van der Waals surface area contributed by atoms with Crippen LogP contribution in [0.3, 0.4) is 0 Å². The number of hydrogen-bond donors (Lipinski definition) is 2. The number of rotatable bonds is 2. The first kappa shape index (κ1) is 9.21. The van der Waals surface area contributed by atoms with Crippen LogP contribution in [0, 0.1) is 11.8 Å². The molecule has 1 saturated heterocycles. The van der Waals surface area contributed by atoms with Crippen molar-refractivity contribution < 1.29 is 0 Å². The maximum atomic E-state index is 5.71. The Bertz CT molecular complexity index is 314. The van der Waals surface area contributed by atoms with Gasteiger partial charge in [0.25, 0.3) is 0 Å². The Kier molecular flexibility index (Phi) is 2.50. The van der Waals surface area contributed by atoms with Crippen molar-refractivity contribution >= 4 is 6.72 Å². The molecule has 1 fully saturated rings. The number of nitrogens with one attached hydrogen (secondary N) is 1. The van der Waals surface area contributed by atoms with Crippen molar-refractivity contribution in [3.05, 3.63) is 36.2 Å². The second-order valence-electron chi connectivity index (χ2n) is 3.63. The van der Waals surface area contributed by atoms with E-state index in [2.05, 4.69) is 41.3 Å². The minimum Gasteiger partial charge on any atom is -0.382 e. The van der Waals surface area contributed by atoms with Crippen LogP contribution in [0.15, 0.2) is 41.2 Å². The summed E-state index contributed by atoms with van der Waals surface area (Å²) in [7, 11) is 0. The largest absolute Gasteiger partial charge is 0.382 e. The van der Waals surface area contributed by atoms with Crippen LogP contribution in [0.4, 0.5) is 0 Å². The molecule has 1 aliphatic carbocycles. The summed E-state index contributed by atoms with van der Waals surface area (Å²) in [5, 5.41) is 3.38. The normalized spacial score (nSPS) is 36.9. The van der Waals surface area contributed by atoms with Crippen LogP contribution in [-0.2, 0) is 0 Å². The molecule has 74 valence electrons. The molecule has 2 rings (SSSR count). The lowest BCUT2D eigenvalue weighted by atomic mass is 9.86. The Balaban J connectivity index is 2.27. The molecular weight excluding hydrogens is 174 g/mol. The number of aliphatic imine (C=N–C) groups is 1. The minimum atomic E-state index is 0.328. The summed E-state index contributed by atoms with van der Waals surface area (Å²) in [6.07, 6.45) is 10.3. The highest BCUT2D eigenvalue weighted by Crippen LogP contribution is 2.34. The average Bonchev–Trinajstić information content (AvgIpc) is 2.58. The van der Waals surface area contributed by atoms with Gasteiger partial charge in [0, 0.05) is 36.3 Å². The van der Waals surface area contributed by atoms with Gasteiger partial charge in [0.15, 0.2) is 0 Å². The molecule has 0 radical (unpaired) electrons. The van der Waals surface area contributed by atoms with Gasteiger partial charge in [-0.1, -0.05) is 24.3 Å². The van der Waals surface area contributed by atoms with Crippen molar-refractivity contribution in [1.82, 2.24) is 5.32 Å². The van der Waals surface area contributed by atoms with Crippen molar-refractivity contribution in [2.75, 3.05) is 6.54 Å². The van der Waals surface area contributed by atoms with Gasteiger partial charge in [-0.2, -0.15) is 0 Å². The Morgan fingerprint density at radius 1 is 1.50 bits per heavy atom. The van der Waals surface area contributed by atoms with Gasteiger partial charge in [-0.3, -0.25) is 4.99 Å². The highest BCUT2D eigenvalue weighted by atomic mass is 15.0. The lowest BCUT2D eigenvalue weighted by Gasteiger charge is -2.18. The zero-order valence-corrected chi connectivity index (χ0v) is 8.06. The summed E-state index contributed by atoms with van der Waals surface area (Å²) in [5.74, 6) is 0.872. The van der Waals surface area contributed by atoms with Gasteiger partial charge in [-0.05, 0) is 6.72 Å². The molecule has 0 aromatic heterocycles. The summed E-state index contributed by atoms with van der Waals surface area (Å²) < 4.78 is 0. The lowest BCUT2D eigenvalue weighted by Crippen LogP contribution is -2.34. The zero-order valence-electron chi connectivity index (χ0n) is 8.06. The highest BCUT2D eigenvalue weighted by Gasteiger charge is 2.36. The summed E-state index contributed by atoms with van der Waals surface area (Å²) in [6.45, 7) is 4.12. The van der Waals surface area contributed by atoms with Crippen molar-refractivity contribution in [3.63, 3.8) is 0 Å². The number of nitrogens with zero attached hydrogens (tertiary/aromatic N) is 1. The van der Waals surface area contributed by atoms with Gasteiger partial charge < -0.3 is 11.1 Å². The van der Waals surface area contributed by atoms with Crippen molar-refractivity contribution in [2.45, 2.75) is 6.04 Å². The summed E-state index contributed by atoms with van der Waals surface area (Å²) in [4.78, 5) is 3.80. The van der Waals surface area contributed by atoms with E-state index in [1.165, 1.54) is 0 Å². The first-order chi connectivity index (χ1) is 6.86. The molecular formula is C11H15N3. The van der Waals surface area contributed by atoms with E-state index in [1.54, 1.807) is 6.20 Å². The first-order valence-corrected chi connectivity index (χ1v) is 4.84. The van der Waals surface area contributed by atoms with Crippen LogP contribution in [0.2, 0.25) is 0 Å². The Labute approximate surface area is 84.1 Å². The Morgan fingerprint density at radius 3 is 3.00 bits per heavy atom. The van der Waals surface area contributed by atoms with Gasteiger partial charge in [-0.25, -0.2) is 0 Å². The van der Waals surface area contributed by atoms with Gasteiger partial charge in [-0.15, -0.1) is 0 Å². The molecule has 14 heavy (non-hydrogen) atoms. The molecule has 0 aromatic carbocycles. The standard InChI is InChI=1S/C11H15N3/c1-13-7-11-9-5-3-2-4-8(9)10(6-12)14-11/h2-5,7-10,14H,1,6,12H2/b11-7-. The van der Waals surface area contributed by atoms with E-state index in [0.717, 1.165) is 5.70 Å². The molecule has 3 atom stereocenters. The van der Waals surface area contributed by atoms with Gasteiger partial charge in [0.2, 0.25) is 0 Å². The molecule has 0 bridgehead atoms. The SMILES string of the molecule is C=N/C=C1\NC(CN)C2C=CC=CC12. The Morgan fingerprint density at radius 2 is 2.29 bits per heavy atom. The molecule has 0 spiro atoms. The molecule has 0 aromatic rings. The van der Waals surface area contributed by atoms with Crippen molar-refractivity contribution in [1.29, 1.82) is 0 Å². The summed E-state index contributed by atoms with van der Waals surface area (Å²) in [6, 6.07) is 0.328. The topological polar surface area (TPSA) is 50.4 Å². The van der Waals surface area contributed by atoms with Crippen molar-refractivity contribution in [2.24, 2.45) is 22.6 Å². The number of allylic oxidation sites excluding steroid dienone is 3. The molecule has 3 heteroatoms. The fraction of sp³-hybridized carbons (Fsp3) is 0.364. The third-order valence-corrected chi connectivity index (χ3v) is 2.84. The van der Waals surface area contributed by atoms with E-state index >= 15 is 0 Å². The molecule has 3 nitrogen and oxygen atoms in total. The monoisotopic (exact) mass is 189 g/mol. The second-order valence-corrected chi connectivity index (χ2v) is 3.63. The smallest absolute Gasteiger partial charge is 0.0456 e. The third kappa shape index (κ3) is 1.40. The molecule has 0 saturated carbocycles. The summed E-state index contributed by atoms with van der Waals surface area (Å²) >= 11 is 0. The number of fused-ring (bicyclic) bond motifs is 1. The van der Waals surface area contributed by atoms with E-state index in [-0.39, 0.29) is 0 Å². The first-order valence-electron chi connectivity index (χ1n) is 4.84. The predicted molar refractivity (Wildman–Crippen MR) is 58.9 cm³/mol. The molecule has 1 aliphatic heterocycles. The second kappa shape index (κ2) is 3.80. The number of nitrogens with two attached hydrogens (primary N) is 1. The zero-order chi connectivity index (χ0) is 9.97. The third-order valence-electron chi connectivity index (χ3n) is 2.84. The quantitative estimate of drug-likeness (QED) is 0.632. The molecule has 0 amide bonds. The van der Waals surface area contributed by atoms with E-state index in [0.29, 0.717) is 24.4 Å². The van der Waals surface area contributed by atoms with Crippen LogP contribution in [-0.4, -0.2) is 19.3 Å². The van der Waals surface area contributed by atoms with Crippen LogP contribution >= 0.6 is 0 Å². The van der Waals surface area contributed by atoms with E-state index in [9.17, 15) is 0 Å². The maximum Gasteiger partial charge on any atom is 0.0456 e. The highest BCUT2D eigenvalue weighted by molar-refractivity contribution is 5.32. The fourth-order valence-corrected chi connectivity index (χ4v) is 2.16. The lowest BCUT2D eigenvalue weighted by molar-refractivity contribution is 0.492. The minimum absolute atomic E-state index is 0.328. The molecule has 3 unspecified atom stereocenters. The molecule has 1 heterocycles. The summed E-state index contributed by atoms with van der Waals surface area (Å²) in [5.41, 5.74) is 6.83. The van der Waals surface area contributed by atoms with Crippen molar-refractivity contribution in [3.8, 4) is 0 Å². The fourth-order valence-electron chi connectivity index (χ4n) is 2.16. The van der Waals surface area contributed by atoms with Crippen LogP contribution < -0.4 is 11.1 Å². The Hall–Kier alpha value is -1.35. The molecule has 3 N–H and O–H groups in total. The average molecular weight is 189 g/mol. The van der Waals surface area contributed by atoms with E-state index in [1.807, 2.05) is 0 Å². The van der Waals surface area contributed by atoms with Crippen LogP contribution in [0.25, 0.3) is 0 Å². The maximum absolute atomic E-state index is 5.71. The van der Waals surface area contributed by atoms with E-state index in [4.69, 9.17) is 5.73 Å². The van der Waals surface area contributed by atoms with Gasteiger partial charge in [0.05, 0.1) is 0 Å². The molecule has 2 aliphatic rings. The van der Waals surface area contributed by atoms with E-state index < -0.39 is 0 Å². The van der Waals surface area contributed by atoms with Crippen LogP contribution in [0.5, 0.6) is 0 Å². The van der Waals surface area contributed by atoms with Crippen LogP contribution in [0.1, 0.15) is 0 Å².